The molecule has 4 rings (SSSR count). The molecule has 4 heterocycles. The molecule has 0 saturated carbocycles. The van der Waals surface area contributed by atoms with Crippen molar-refractivity contribution in [2.75, 3.05) is 0 Å². The highest BCUT2D eigenvalue weighted by Gasteiger charge is 2.26. The molecule has 26 heavy (non-hydrogen) atoms. The van der Waals surface area contributed by atoms with Crippen molar-refractivity contribution in [1.82, 2.24) is 39.4 Å². The average Bonchev–Trinajstić information content (AvgIpc) is 3.18. The Morgan fingerprint density at radius 3 is 2.38 bits per heavy atom. The SMILES string of the molecule is CC(C)(C)c1cc2ncc(CC(C)(C)c3cc4ncncn4n3)nn2n1. The third-order valence-electron chi connectivity index (χ3n) is 4.48. The first kappa shape index (κ1) is 16.6. The molecule has 0 aliphatic rings. The fraction of sp³-hybridized carbons (Fsp3) is 0.444. The van der Waals surface area contributed by atoms with Gasteiger partial charge in [0.05, 0.1) is 23.3 Å². The molecule has 4 aromatic rings. The molecular weight excluding hydrogens is 328 g/mol. The summed E-state index contributed by atoms with van der Waals surface area (Å²) < 4.78 is 3.32. The zero-order valence-electron chi connectivity index (χ0n) is 15.7. The lowest BCUT2D eigenvalue weighted by Crippen LogP contribution is -2.23. The third-order valence-corrected chi connectivity index (χ3v) is 4.48. The van der Waals surface area contributed by atoms with E-state index in [4.69, 9.17) is 0 Å². The largest absolute Gasteiger partial charge is 0.234 e. The number of hydrogen-bond acceptors (Lipinski definition) is 6. The van der Waals surface area contributed by atoms with E-state index in [1.165, 1.54) is 6.33 Å². The Balaban J connectivity index is 1.66. The Morgan fingerprint density at radius 2 is 1.65 bits per heavy atom. The van der Waals surface area contributed by atoms with Crippen LogP contribution < -0.4 is 0 Å². The summed E-state index contributed by atoms with van der Waals surface area (Å²) in [5.74, 6) is 0. The second-order valence-electron chi connectivity index (χ2n) is 8.28. The molecule has 0 aromatic carbocycles. The topological polar surface area (TPSA) is 86.2 Å². The molecule has 0 spiro atoms. The van der Waals surface area contributed by atoms with Crippen LogP contribution in [0.25, 0.3) is 11.3 Å². The Morgan fingerprint density at radius 1 is 0.885 bits per heavy atom. The minimum absolute atomic E-state index is 0.0353. The summed E-state index contributed by atoms with van der Waals surface area (Å²) in [5, 5.41) is 13.8. The van der Waals surface area contributed by atoms with Crippen LogP contribution in [0, 0.1) is 0 Å². The molecule has 0 N–H and O–H groups in total. The van der Waals surface area contributed by atoms with Crippen LogP contribution in [-0.2, 0) is 17.3 Å². The number of nitrogens with zero attached hydrogens (tertiary/aromatic N) is 8. The number of aromatic nitrogens is 8. The Bertz CT molecular complexity index is 1050. The maximum atomic E-state index is 4.65. The van der Waals surface area contributed by atoms with Gasteiger partial charge in [0.2, 0.25) is 0 Å². The predicted molar refractivity (Wildman–Crippen MR) is 97.0 cm³/mol. The summed E-state index contributed by atoms with van der Waals surface area (Å²) in [7, 11) is 0. The normalized spacial score (nSPS) is 13.0. The molecule has 4 aromatic heterocycles. The molecule has 0 fully saturated rings. The molecule has 0 aliphatic carbocycles. The van der Waals surface area contributed by atoms with E-state index < -0.39 is 0 Å². The smallest absolute Gasteiger partial charge is 0.176 e. The lowest BCUT2D eigenvalue weighted by molar-refractivity contribution is 0.486. The van der Waals surface area contributed by atoms with Crippen molar-refractivity contribution in [2.45, 2.75) is 51.9 Å². The van der Waals surface area contributed by atoms with Gasteiger partial charge in [-0.2, -0.15) is 15.3 Å². The molecule has 0 bridgehead atoms. The second kappa shape index (κ2) is 5.55. The standard InChI is InChI=1S/C18H22N8/c1-17(2,3)13-6-16-20-9-12(22-26(16)24-13)8-18(4,5)14-7-15-21-10-19-11-25(15)23-14/h6-7,9-11H,8H2,1-5H3. The fourth-order valence-electron chi connectivity index (χ4n) is 2.89. The summed E-state index contributed by atoms with van der Waals surface area (Å²) in [6, 6.07) is 3.97. The number of rotatable bonds is 3. The van der Waals surface area contributed by atoms with Gasteiger partial charge in [0, 0.05) is 29.4 Å². The minimum atomic E-state index is -0.226. The first-order valence-electron chi connectivity index (χ1n) is 8.61. The van der Waals surface area contributed by atoms with E-state index in [9.17, 15) is 0 Å². The van der Waals surface area contributed by atoms with Crippen molar-refractivity contribution >= 4 is 11.3 Å². The first-order chi connectivity index (χ1) is 12.2. The lowest BCUT2D eigenvalue weighted by atomic mass is 9.84. The van der Waals surface area contributed by atoms with Gasteiger partial charge in [-0.15, -0.1) is 4.63 Å². The zero-order chi connectivity index (χ0) is 18.5. The summed E-state index contributed by atoms with van der Waals surface area (Å²) in [6.45, 7) is 10.7. The van der Waals surface area contributed by atoms with Crippen molar-refractivity contribution in [3.05, 3.63) is 48.1 Å². The summed E-state index contributed by atoms with van der Waals surface area (Å²) in [4.78, 5) is 12.8. The van der Waals surface area contributed by atoms with Crippen molar-refractivity contribution in [3.8, 4) is 0 Å². The van der Waals surface area contributed by atoms with Crippen LogP contribution in [0.3, 0.4) is 0 Å². The number of hydrogen-bond donors (Lipinski definition) is 0. The number of fused-ring (bicyclic) bond motifs is 2. The lowest BCUT2D eigenvalue weighted by Gasteiger charge is -2.21. The maximum absolute atomic E-state index is 4.65. The summed E-state index contributed by atoms with van der Waals surface area (Å²) in [6.07, 6.45) is 5.70. The molecule has 0 saturated heterocycles. The molecule has 0 amide bonds. The van der Waals surface area contributed by atoms with Crippen LogP contribution in [0.15, 0.2) is 31.0 Å². The minimum Gasteiger partial charge on any atom is -0.234 e. The van der Waals surface area contributed by atoms with Crippen LogP contribution in [0.1, 0.15) is 51.7 Å². The molecule has 0 aliphatic heterocycles. The van der Waals surface area contributed by atoms with Gasteiger partial charge in [-0.3, -0.25) is 0 Å². The molecule has 8 heteroatoms. The van der Waals surface area contributed by atoms with E-state index in [1.807, 2.05) is 18.3 Å². The van der Waals surface area contributed by atoms with Gasteiger partial charge in [0.15, 0.2) is 11.3 Å². The molecule has 8 nitrogen and oxygen atoms in total. The first-order valence-corrected chi connectivity index (χ1v) is 8.61. The van der Waals surface area contributed by atoms with Crippen molar-refractivity contribution in [1.29, 1.82) is 0 Å². The Labute approximate surface area is 151 Å². The predicted octanol–water partition coefficient (Wildman–Crippen LogP) is 2.38. The van der Waals surface area contributed by atoms with Crippen molar-refractivity contribution in [3.63, 3.8) is 0 Å². The Kier molecular flexibility index (Phi) is 3.54. The van der Waals surface area contributed by atoms with Gasteiger partial charge in [-0.1, -0.05) is 34.6 Å². The highest BCUT2D eigenvalue weighted by molar-refractivity contribution is 5.41. The highest BCUT2D eigenvalue weighted by Crippen LogP contribution is 2.27. The van der Waals surface area contributed by atoms with Gasteiger partial charge in [-0.25, -0.2) is 19.5 Å². The average molecular weight is 350 g/mol. The summed E-state index contributed by atoms with van der Waals surface area (Å²) in [5.41, 5.74) is 4.08. The van der Waals surface area contributed by atoms with Crippen molar-refractivity contribution in [2.24, 2.45) is 0 Å². The van der Waals surface area contributed by atoms with Gasteiger partial charge in [0.25, 0.3) is 0 Å². The van der Waals surface area contributed by atoms with Crippen LogP contribution in [0.4, 0.5) is 0 Å². The third kappa shape index (κ3) is 2.91. The second-order valence-corrected chi connectivity index (χ2v) is 8.28. The zero-order valence-corrected chi connectivity index (χ0v) is 15.7. The Hall–Kier alpha value is -2.90. The molecule has 0 unspecified atom stereocenters. The van der Waals surface area contributed by atoms with Gasteiger partial charge in [0.1, 0.15) is 12.7 Å². The van der Waals surface area contributed by atoms with E-state index in [2.05, 4.69) is 64.9 Å². The summed E-state index contributed by atoms with van der Waals surface area (Å²) >= 11 is 0. The van der Waals surface area contributed by atoms with E-state index in [0.717, 1.165) is 28.4 Å². The van der Waals surface area contributed by atoms with Crippen LogP contribution in [0.2, 0.25) is 0 Å². The highest BCUT2D eigenvalue weighted by atomic mass is 15.4. The van der Waals surface area contributed by atoms with E-state index in [0.29, 0.717) is 6.42 Å². The van der Waals surface area contributed by atoms with Crippen LogP contribution >= 0.6 is 0 Å². The molecule has 0 radical (unpaired) electrons. The fourth-order valence-corrected chi connectivity index (χ4v) is 2.89. The van der Waals surface area contributed by atoms with E-state index >= 15 is 0 Å². The molecular formula is C18H22N8. The van der Waals surface area contributed by atoms with Gasteiger partial charge < -0.3 is 0 Å². The quantitative estimate of drug-likeness (QED) is 0.564. The molecule has 134 valence electrons. The van der Waals surface area contributed by atoms with Crippen LogP contribution in [0.5, 0.6) is 0 Å². The monoisotopic (exact) mass is 350 g/mol. The van der Waals surface area contributed by atoms with Crippen molar-refractivity contribution < 1.29 is 0 Å². The van der Waals surface area contributed by atoms with Gasteiger partial charge >= 0.3 is 0 Å². The van der Waals surface area contributed by atoms with Crippen LogP contribution in [-0.4, -0.2) is 39.4 Å². The van der Waals surface area contributed by atoms with Gasteiger partial charge in [-0.05, 0) is 0 Å². The molecule has 0 atom stereocenters. The van der Waals surface area contributed by atoms with E-state index in [-0.39, 0.29) is 10.8 Å². The maximum Gasteiger partial charge on any atom is 0.176 e. The van der Waals surface area contributed by atoms with E-state index in [1.54, 1.807) is 15.5 Å².